The maximum absolute atomic E-state index is 13.6. The molecule has 2 heterocycles. The molecule has 0 bridgehead atoms. The fraction of sp³-hybridized carbons (Fsp3) is 0.158. The molecule has 0 unspecified atom stereocenters. The minimum Gasteiger partial charge on any atom is -0.343 e. The Kier molecular flexibility index (Phi) is 4.30. The second kappa shape index (κ2) is 6.50. The summed E-state index contributed by atoms with van der Waals surface area (Å²) in [6, 6.07) is 12.7. The number of para-hydroxylation sites is 1. The van der Waals surface area contributed by atoms with Gasteiger partial charge in [0.1, 0.15) is 5.82 Å². The maximum atomic E-state index is 13.6. The SMILES string of the molecule is CS(=O)(=O)NCc1cn(Cc2csc3ccc(F)cc23)c2ccccc12. The quantitative estimate of drug-likeness (QED) is 0.560. The molecule has 0 aliphatic rings. The van der Waals surface area contributed by atoms with E-state index in [1.807, 2.05) is 35.8 Å². The smallest absolute Gasteiger partial charge is 0.209 e. The largest absolute Gasteiger partial charge is 0.343 e. The Bertz CT molecular complexity index is 1210. The van der Waals surface area contributed by atoms with Crippen LogP contribution in [0.5, 0.6) is 0 Å². The molecule has 4 nitrogen and oxygen atoms in total. The normalized spacial score (nSPS) is 12.2. The average Bonchev–Trinajstić information content (AvgIpc) is 3.15. The lowest BCUT2D eigenvalue weighted by molar-refractivity contribution is 0.587. The Morgan fingerprint density at radius 2 is 1.92 bits per heavy atom. The molecule has 2 aromatic heterocycles. The van der Waals surface area contributed by atoms with Crippen LogP contribution in [0, 0.1) is 5.82 Å². The molecule has 0 saturated carbocycles. The fourth-order valence-corrected chi connectivity index (χ4v) is 4.52. The van der Waals surface area contributed by atoms with E-state index in [0.717, 1.165) is 38.4 Å². The van der Waals surface area contributed by atoms with Gasteiger partial charge < -0.3 is 4.57 Å². The number of hydrogen-bond acceptors (Lipinski definition) is 3. The number of thiophene rings is 1. The number of hydrogen-bond donors (Lipinski definition) is 1. The van der Waals surface area contributed by atoms with Gasteiger partial charge in [0.05, 0.1) is 6.26 Å². The highest BCUT2D eigenvalue weighted by Crippen LogP contribution is 2.29. The van der Waals surface area contributed by atoms with Crippen molar-refractivity contribution in [1.82, 2.24) is 9.29 Å². The van der Waals surface area contributed by atoms with Crippen molar-refractivity contribution in [3.8, 4) is 0 Å². The van der Waals surface area contributed by atoms with Gasteiger partial charge in [-0.15, -0.1) is 11.3 Å². The molecule has 4 rings (SSSR count). The third-order valence-corrected chi connectivity index (χ3v) is 6.03. The van der Waals surface area contributed by atoms with Gasteiger partial charge in [-0.05, 0) is 40.8 Å². The van der Waals surface area contributed by atoms with Crippen LogP contribution in [0.2, 0.25) is 0 Å². The number of aromatic nitrogens is 1. The van der Waals surface area contributed by atoms with E-state index in [0.29, 0.717) is 6.54 Å². The molecule has 0 atom stereocenters. The summed E-state index contributed by atoms with van der Waals surface area (Å²) in [6.45, 7) is 0.841. The zero-order chi connectivity index (χ0) is 18.3. The van der Waals surface area contributed by atoms with Crippen molar-refractivity contribution >= 4 is 42.3 Å². The summed E-state index contributed by atoms with van der Waals surface area (Å²) in [5.74, 6) is -0.243. The molecule has 7 heteroatoms. The number of rotatable bonds is 5. The van der Waals surface area contributed by atoms with Gasteiger partial charge in [0.2, 0.25) is 10.0 Å². The summed E-state index contributed by atoms with van der Waals surface area (Å²) in [5, 5.41) is 3.98. The van der Waals surface area contributed by atoms with Gasteiger partial charge in [0, 0.05) is 40.3 Å². The van der Waals surface area contributed by atoms with Gasteiger partial charge in [-0.1, -0.05) is 18.2 Å². The second-order valence-electron chi connectivity index (χ2n) is 6.29. The van der Waals surface area contributed by atoms with Crippen LogP contribution in [0.1, 0.15) is 11.1 Å². The molecule has 4 aromatic rings. The van der Waals surface area contributed by atoms with Gasteiger partial charge in [0.15, 0.2) is 0 Å². The predicted molar refractivity (Wildman–Crippen MR) is 105 cm³/mol. The Hall–Kier alpha value is -2.22. The van der Waals surface area contributed by atoms with Crippen molar-refractivity contribution in [3.63, 3.8) is 0 Å². The van der Waals surface area contributed by atoms with E-state index in [4.69, 9.17) is 0 Å². The van der Waals surface area contributed by atoms with Crippen molar-refractivity contribution in [1.29, 1.82) is 0 Å². The van der Waals surface area contributed by atoms with Crippen molar-refractivity contribution < 1.29 is 12.8 Å². The standard InChI is InChI=1S/C19H17FN2O2S2/c1-26(23,24)21-9-13-10-22(18-5-3-2-4-16(13)18)11-14-12-25-19-7-6-15(20)8-17(14)19/h2-8,10,12,21H,9,11H2,1H3. The summed E-state index contributed by atoms with van der Waals surface area (Å²) in [5.41, 5.74) is 2.98. The monoisotopic (exact) mass is 388 g/mol. The van der Waals surface area contributed by atoms with Crippen LogP contribution >= 0.6 is 11.3 Å². The first kappa shape index (κ1) is 17.2. The molecular formula is C19H17FN2O2S2. The van der Waals surface area contributed by atoms with Crippen LogP contribution in [0.4, 0.5) is 4.39 Å². The first-order valence-electron chi connectivity index (χ1n) is 8.08. The van der Waals surface area contributed by atoms with Crippen LogP contribution < -0.4 is 4.72 Å². The molecule has 2 aromatic carbocycles. The van der Waals surface area contributed by atoms with Crippen LogP contribution in [-0.2, 0) is 23.1 Å². The summed E-state index contributed by atoms with van der Waals surface area (Å²) >= 11 is 1.60. The second-order valence-corrected chi connectivity index (χ2v) is 9.04. The van der Waals surface area contributed by atoms with Gasteiger partial charge in [-0.3, -0.25) is 0 Å². The Morgan fingerprint density at radius 1 is 1.12 bits per heavy atom. The molecule has 26 heavy (non-hydrogen) atoms. The lowest BCUT2D eigenvalue weighted by atomic mass is 10.1. The van der Waals surface area contributed by atoms with Gasteiger partial charge in [0.25, 0.3) is 0 Å². The van der Waals surface area contributed by atoms with Crippen molar-refractivity contribution in [2.75, 3.05) is 6.26 Å². The van der Waals surface area contributed by atoms with Gasteiger partial charge >= 0.3 is 0 Å². The molecular weight excluding hydrogens is 371 g/mol. The first-order chi connectivity index (χ1) is 12.4. The number of fused-ring (bicyclic) bond motifs is 2. The van der Waals surface area contributed by atoms with E-state index < -0.39 is 10.0 Å². The molecule has 0 spiro atoms. The highest BCUT2D eigenvalue weighted by atomic mass is 32.2. The van der Waals surface area contributed by atoms with Gasteiger partial charge in [-0.25, -0.2) is 17.5 Å². The highest BCUT2D eigenvalue weighted by Gasteiger charge is 2.12. The number of nitrogens with zero attached hydrogens (tertiary/aromatic N) is 1. The van der Waals surface area contributed by atoms with Crippen LogP contribution in [-0.4, -0.2) is 19.2 Å². The van der Waals surface area contributed by atoms with E-state index >= 15 is 0 Å². The molecule has 0 radical (unpaired) electrons. The van der Waals surface area contributed by atoms with Crippen molar-refractivity contribution in [3.05, 3.63) is 71.0 Å². The maximum Gasteiger partial charge on any atom is 0.209 e. The summed E-state index contributed by atoms with van der Waals surface area (Å²) in [6.07, 6.45) is 3.11. The zero-order valence-electron chi connectivity index (χ0n) is 14.1. The lowest BCUT2D eigenvalue weighted by Gasteiger charge is -2.05. The molecule has 0 fully saturated rings. The fourth-order valence-electron chi connectivity index (χ4n) is 3.16. The van der Waals surface area contributed by atoms with E-state index in [1.54, 1.807) is 23.5 Å². The average molecular weight is 388 g/mol. The molecule has 0 aliphatic carbocycles. The summed E-state index contributed by atoms with van der Waals surface area (Å²) < 4.78 is 42.2. The Morgan fingerprint density at radius 3 is 2.73 bits per heavy atom. The molecule has 134 valence electrons. The first-order valence-corrected chi connectivity index (χ1v) is 10.8. The molecule has 1 N–H and O–H groups in total. The Balaban J connectivity index is 1.75. The van der Waals surface area contributed by atoms with Crippen LogP contribution in [0.3, 0.4) is 0 Å². The summed E-state index contributed by atoms with van der Waals surface area (Å²) in [4.78, 5) is 0. The highest BCUT2D eigenvalue weighted by molar-refractivity contribution is 7.88. The molecule has 0 saturated heterocycles. The van der Waals surface area contributed by atoms with Crippen LogP contribution in [0.15, 0.2) is 54.0 Å². The van der Waals surface area contributed by atoms with Crippen molar-refractivity contribution in [2.24, 2.45) is 0 Å². The molecule has 0 amide bonds. The van der Waals surface area contributed by atoms with Crippen molar-refractivity contribution in [2.45, 2.75) is 13.1 Å². The number of benzene rings is 2. The topological polar surface area (TPSA) is 51.1 Å². The van der Waals surface area contributed by atoms with Gasteiger partial charge in [-0.2, -0.15) is 0 Å². The Labute approximate surface area is 154 Å². The van der Waals surface area contributed by atoms with E-state index in [2.05, 4.69) is 9.29 Å². The van der Waals surface area contributed by atoms with E-state index in [1.165, 1.54) is 6.07 Å². The zero-order valence-corrected chi connectivity index (χ0v) is 15.7. The third-order valence-electron chi connectivity index (χ3n) is 4.35. The summed E-state index contributed by atoms with van der Waals surface area (Å²) in [7, 11) is -3.26. The van der Waals surface area contributed by atoms with E-state index in [-0.39, 0.29) is 12.4 Å². The number of sulfonamides is 1. The van der Waals surface area contributed by atoms with E-state index in [9.17, 15) is 12.8 Å². The third kappa shape index (κ3) is 3.38. The lowest BCUT2D eigenvalue weighted by Crippen LogP contribution is -2.21. The predicted octanol–water partition coefficient (Wildman–Crippen LogP) is 4.09. The minimum atomic E-state index is -3.26. The molecule has 0 aliphatic heterocycles. The minimum absolute atomic E-state index is 0.241. The van der Waals surface area contributed by atoms with Crippen LogP contribution in [0.25, 0.3) is 21.0 Å². The number of halogens is 1. The number of nitrogens with one attached hydrogen (secondary N) is 1.